The summed E-state index contributed by atoms with van der Waals surface area (Å²) in [6.45, 7) is 1.30. The lowest BCUT2D eigenvalue weighted by molar-refractivity contribution is -0.452. The molecular formula is C12H15N4O7P. The standard InChI is InChI=1S/C12H10N4O2.HO5P.2H2/c1-3-17-6-7-8(1)13-5-10-11(7)15-12(14-10)9-2-4-18-16-9;1-4-5-6(2)3;;/h2,4-5H,1,3,6H2,(H,14,15);1H;2*1H. The normalized spacial score (nSPS) is 14.0. The minimum absolute atomic E-state index is 0. The smallest absolute Gasteiger partial charge is 0.524 e. The maximum atomic E-state index is 9.13. The summed E-state index contributed by atoms with van der Waals surface area (Å²) >= 11 is 0. The van der Waals surface area contributed by atoms with Crippen molar-refractivity contribution in [2.24, 2.45) is 0 Å². The zero-order valence-corrected chi connectivity index (χ0v) is 12.9. The number of nitrogens with one attached hydrogen (secondary N) is 1. The second-order valence-electron chi connectivity index (χ2n) is 4.59. The van der Waals surface area contributed by atoms with Gasteiger partial charge in [-0.25, -0.2) is 10.2 Å². The SMILES string of the molecule is O=[P+]([O-])OOO.[HH].[HH].c1cc(-c2nc3c4c(ncc3[nH]2)CCOC4)no1. The van der Waals surface area contributed by atoms with Gasteiger partial charge < -0.3 is 19.1 Å². The number of ether oxygens (including phenoxy) is 1. The van der Waals surface area contributed by atoms with Gasteiger partial charge in [0.15, 0.2) is 5.82 Å². The van der Waals surface area contributed by atoms with Crippen molar-refractivity contribution in [1.82, 2.24) is 20.1 Å². The summed E-state index contributed by atoms with van der Waals surface area (Å²) in [5.74, 6) is 0.694. The van der Waals surface area contributed by atoms with E-state index in [1.807, 2.05) is 6.20 Å². The van der Waals surface area contributed by atoms with Gasteiger partial charge in [-0.3, -0.25) is 4.98 Å². The van der Waals surface area contributed by atoms with Crippen LogP contribution in [0.2, 0.25) is 0 Å². The number of hydrogen-bond acceptors (Lipinski definition) is 10. The molecule has 1 unspecified atom stereocenters. The van der Waals surface area contributed by atoms with Crippen LogP contribution >= 0.6 is 8.25 Å². The van der Waals surface area contributed by atoms with Crippen molar-refractivity contribution in [3.63, 3.8) is 0 Å². The fourth-order valence-electron chi connectivity index (χ4n) is 2.26. The summed E-state index contributed by atoms with van der Waals surface area (Å²) in [5, 5.41) is 13.7. The molecule has 0 bridgehead atoms. The molecule has 4 heterocycles. The minimum atomic E-state index is -3.07. The van der Waals surface area contributed by atoms with Crippen LogP contribution in [-0.4, -0.2) is 32.0 Å². The van der Waals surface area contributed by atoms with Crippen molar-refractivity contribution in [2.75, 3.05) is 6.61 Å². The Morgan fingerprint density at radius 1 is 1.50 bits per heavy atom. The lowest BCUT2D eigenvalue weighted by Crippen LogP contribution is -2.11. The zero-order valence-electron chi connectivity index (χ0n) is 12.0. The van der Waals surface area contributed by atoms with Gasteiger partial charge in [-0.15, -0.1) is 0 Å². The third-order valence-corrected chi connectivity index (χ3v) is 3.41. The summed E-state index contributed by atoms with van der Waals surface area (Å²) in [5.41, 5.74) is 4.66. The lowest BCUT2D eigenvalue weighted by atomic mass is 10.1. The largest absolute Gasteiger partial charge is 0.564 e. The first-order valence-corrected chi connectivity index (χ1v) is 7.76. The van der Waals surface area contributed by atoms with E-state index < -0.39 is 8.25 Å². The van der Waals surface area contributed by atoms with E-state index in [4.69, 9.17) is 24.0 Å². The first kappa shape index (κ1) is 16.6. The first-order valence-electron chi connectivity index (χ1n) is 6.66. The number of aromatic nitrogens is 4. The maximum absolute atomic E-state index is 9.13. The van der Waals surface area contributed by atoms with Gasteiger partial charge in [-0.1, -0.05) is 5.16 Å². The predicted octanol–water partition coefficient (Wildman–Crippen LogP) is 1.60. The molecular weight excluding hydrogens is 343 g/mol. The van der Waals surface area contributed by atoms with Crippen LogP contribution in [0, 0.1) is 0 Å². The van der Waals surface area contributed by atoms with Crippen LogP contribution in [0.4, 0.5) is 0 Å². The molecule has 1 aliphatic heterocycles. The van der Waals surface area contributed by atoms with Gasteiger partial charge in [-0.2, -0.15) is 0 Å². The van der Waals surface area contributed by atoms with E-state index in [0.717, 1.165) is 35.3 Å². The van der Waals surface area contributed by atoms with Crippen molar-refractivity contribution in [1.29, 1.82) is 0 Å². The maximum Gasteiger partial charge on any atom is 0.524 e. The second kappa shape index (κ2) is 7.53. The number of aromatic amines is 1. The molecule has 3 aromatic rings. The van der Waals surface area contributed by atoms with Crippen molar-refractivity contribution < 1.29 is 36.5 Å². The highest BCUT2D eigenvalue weighted by molar-refractivity contribution is 7.30. The molecule has 0 fully saturated rings. The quantitative estimate of drug-likeness (QED) is 0.400. The van der Waals surface area contributed by atoms with Crippen molar-refractivity contribution in [3.8, 4) is 11.5 Å². The molecule has 11 nitrogen and oxygen atoms in total. The number of pyridine rings is 1. The van der Waals surface area contributed by atoms with Gasteiger partial charge in [0.2, 0.25) is 0 Å². The number of H-pyrrole nitrogens is 1. The van der Waals surface area contributed by atoms with E-state index in [9.17, 15) is 0 Å². The van der Waals surface area contributed by atoms with Gasteiger partial charge in [0.1, 0.15) is 12.0 Å². The van der Waals surface area contributed by atoms with E-state index in [-0.39, 0.29) is 2.85 Å². The molecule has 0 saturated heterocycles. The Kier molecular flexibility index (Phi) is 5.20. The van der Waals surface area contributed by atoms with E-state index >= 15 is 0 Å². The summed E-state index contributed by atoms with van der Waals surface area (Å²) in [4.78, 5) is 21.3. The predicted molar refractivity (Wildman–Crippen MR) is 79.4 cm³/mol. The summed E-state index contributed by atoms with van der Waals surface area (Å²) in [6, 6.07) is 1.77. The van der Waals surface area contributed by atoms with Crippen molar-refractivity contribution in [2.45, 2.75) is 13.0 Å². The molecule has 0 radical (unpaired) electrons. The summed E-state index contributed by atoms with van der Waals surface area (Å²) < 4.78 is 22.5. The Hall–Kier alpha value is -2.27. The highest BCUT2D eigenvalue weighted by Gasteiger charge is 2.18. The van der Waals surface area contributed by atoms with Crippen molar-refractivity contribution >= 4 is 19.3 Å². The molecule has 0 aliphatic carbocycles. The number of hydrogen-bond donors (Lipinski definition) is 2. The van der Waals surface area contributed by atoms with E-state index in [1.165, 1.54) is 6.26 Å². The van der Waals surface area contributed by atoms with Crippen LogP contribution in [0.3, 0.4) is 0 Å². The molecule has 24 heavy (non-hydrogen) atoms. The van der Waals surface area contributed by atoms with Crippen LogP contribution in [-0.2, 0) is 32.0 Å². The molecule has 0 spiro atoms. The Morgan fingerprint density at radius 2 is 2.38 bits per heavy atom. The Bertz CT molecular complexity index is 846. The fraction of sp³-hybridized carbons (Fsp3) is 0.250. The lowest BCUT2D eigenvalue weighted by Gasteiger charge is -2.14. The van der Waals surface area contributed by atoms with Gasteiger partial charge in [0.05, 0.1) is 40.8 Å². The van der Waals surface area contributed by atoms with E-state index in [2.05, 4.69) is 29.8 Å². The highest BCUT2D eigenvalue weighted by atomic mass is 31.1. The summed E-state index contributed by atoms with van der Waals surface area (Å²) in [6.07, 6.45) is 4.19. The number of rotatable bonds is 3. The highest BCUT2D eigenvalue weighted by Crippen LogP contribution is 2.25. The molecule has 1 atom stereocenters. The van der Waals surface area contributed by atoms with Gasteiger partial charge in [-0.05, 0) is 9.60 Å². The Labute approximate surface area is 138 Å². The third kappa shape index (κ3) is 3.62. The molecule has 1 aliphatic rings. The van der Waals surface area contributed by atoms with E-state index in [0.29, 0.717) is 18.1 Å². The molecule has 130 valence electrons. The van der Waals surface area contributed by atoms with Crippen LogP contribution < -0.4 is 4.89 Å². The molecule has 0 amide bonds. The zero-order chi connectivity index (χ0) is 16.9. The van der Waals surface area contributed by atoms with E-state index in [1.54, 1.807) is 6.07 Å². The van der Waals surface area contributed by atoms with Crippen LogP contribution in [0.15, 0.2) is 23.0 Å². The Balaban J connectivity index is 0.000000374. The fourth-order valence-corrected chi connectivity index (χ4v) is 2.32. The first-order chi connectivity index (χ1) is 11.7. The van der Waals surface area contributed by atoms with Gasteiger partial charge in [0, 0.05) is 20.9 Å². The monoisotopic (exact) mass is 358 g/mol. The van der Waals surface area contributed by atoms with Crippen LogP contribution in [0.5, 0.6) is 0 Å². The van der Waals surface area contributed by atoms with Crippen LogP contribution in [0.25, 0.3) is 22.6 Å². The van der Waals surface area contributed by atoms with Gasteiger partial charge >= 0.3 is 8.25 Å². The third-order valence-electron chi connectivity index (χ3n) is 3.22. The number of nitrogens with zero attached hydrogens (tertiary/aromatic N) is 3. The Morgan fingerprint density at radius 3 is 3.04 bits per heavy atom. The van der Waals surface area contributed by atoms with Crippen molar-refractivity contribution in [3.05, 3.63) is 29.8 Å². The molecule has 4 rings (SSSR count). The molecule has 0 aromatic carbocycles. The average Bonchev–Trinajstić information content (AvgIpc) is 3.24. The van der Waals surface area contributed by atoms with Gasteiger partial charge in [0.25, 0.3) is 0 Å². The second-order valence-corrected chi connectivity index (χ2v) is 5.19. The van der Waals surface area contributed by atoms with Crippen LogP contribution in [0.1, 0.15) is 14.1 Å². The number of imidazole rings is 1. The molecule has 3 aromatic heterocycles. The average molecular weight is 358 g/mol. The topological polar surface area (TPSA) is 156 Å². The molecule has 2 N–H and O–H groups in total. The summed E-state index contributed by atoms with van der Waals surface area (Å²) in [7, 11) is -3.07. The molecule has 0 saturated carbocycles. The molecule has 12 heteroatoms. The number of fused-ring (bicyclic) bond motifs is 3. The minimum Gasteiger partial charge on any atom is -0.564 e.